The second-order valence-electron chi connectivity index (χ2n) is 16.8. The number of fused-ring (bicyclic) bond motifs is 13. The maximum absolute atomic E-state index is 6.83. The Bertz CT molecular complexity index is 3730. The van der Waals surface area contributed by atoms with Gasteiger partial charge in [0.05, 0.1) is 0 Å². The first-order valence-electron chi connectivity index (χ1n) is 20.6. The Morgan fingerprint density at radius 2 is 0.667 bits per heavy atom. The normalized spacial score (nSPS) is 13.3. The van der Waals surface area contributed by atoms with Gasteiger partial charge in [0.2, 0.25) is 0 Å². The van der Waals surface area contributed by atoms with E-state index in [2.05, 4.69) is 196 Å². The highest BCUT2D eigenvalue weighted by Gasteiger charge is 2.39. The Balaban J connectivity index is 0.881. The number of hydrogen-bond acceptors (Lipinski definition) is 3. The Morgan fingerprint density at radius 3 is 1.13 bits per heavy atom. The molecule has 0 radical (unpaired) electrons. The molecule has 0 aliphatic heterocycles. The topological polar surface area (TPSA) is 39.4 Å². The first-order valence-corrected chi connectivity index (χ1v) is 20.6. The van der Waals surface area contributed by atoms with Crippen molar-refractivity contribution >= 4 is 65.8 Å². The first-order chi connectivity index (χ1) is 29.4. The lowest BCUT2D eigenvalue weighted by atomic mass is 9.81. The number of benzene rings is 9. The van der Waals surface area contributed by atoms with Gasteiger partial charge in [0, 0.05) is 43.3 Å². The van der Waals surface area contributed by atoms with Crippen LogP contribution in [0.2, 0.25) is 0 Å². The molecule has 0 bridgehead atoms. The summed E-state index contributed by atoms with van der Waals surface area (Å²) < 4.78 is 19.4. The van der Waals surface area contributed by atoms with Gasteiger partial charge in [-0.05, 0) is 134 Å². The molecular formula is C57H36O3. The van der Waals surface area contributed by atoms with Gasteiger partial charge < -0.3 is 13.3 Å². The minimum atomic E-state index is -0.278. The minimum absolute atomic E-state index is 0.278. The largest absolute Gasteiger partial charge is 0.456 e. The van der Waals surface area contributed by atoms with Crippen molar-refractivity contribution in [3.05, 3.63) is 193 Å². The number of hydrogen-bond donors (Lipinski definition) is 0. The van der Waals surface area contributed by atoms with Crippen LogP contribution in [0.3, 0.4) is 0 Å². The standard InChI is InChI=1S/C57H36O3/c1-57(2)49-32-40(39-17-25-53-48(31-39)46-28-36(15-23-51(46)59-53)34-11-7-4-8-12-34)13-19-41(49)42-20-21-43-44-29-37(18-26-54(44)60-56(43)55(42)57)38-16-24-52-47(30-38)45-27-35(14-22-50(45)58-52)33-9-5-3-6-10-33/h3-32H,1-2H3. The van der Waals surface area contributed by atoms with Crippen LogP contribution in [-0.2, 0) is 5.41 Å². The van der Waals surface area contributed by atoms with Crippen molar-refractivity contribution in [2.24, 2.45) is 0 Å². The zero-order valence-corrected chi connectivity index (χ0v) is 33.0. The minimum Gasteiger partial charge on any atom is -0.456 e. The Kier molecular flexibility index (Phi) is 6.78. The van der Waals surface area contributed by atoms with E-state index in [1.165, 1.54) is 55.6 Å². The number of furan rings is 3. The molecule has 3 nitrogen and oxygen atoms in total. The summed E-state index contributed by atoms with van der Waals surface area (Å²) in [7, 11) is 0. The van der Waals surface area contributed by atoms with Crippen LogP contribution in [0.4, 0.5) is 0 Å². The molecular weight excluding hydrogens is 733 g/mol. The van der Waals surface area contributed by atoms with Crippen LogP contribution in [0.25, 0.3) is 121 Å². The van der Waals surface area contributed by atoms with E-state index >= 15 is 0 Å². The molecule has 1 aliphatic rings. The summed E-state index contributed by atoms with van der Waals surface area (Å²) >= 11 is 0. The molecule has 3 heterocycles. The van der Waals surface area contributed by atoms with Crippen LogP contribution < -0.4 is 0 Å². The SMILES string of the molecule is CC1(C)c2cc(-c3ccc4oc5ccc(-c6ccccc6)cc5c4c3)ccc2-c2ccc3c(oc4ccc(-c5ccc6oc7ccc(-c8ccccc8)cc7c6c5)cc43)c21. The molecule has 0 saturated carbocycles. The van der Waals surface area contributed by atoms with E-state index in [4.69, 9.17) is 13.3 Å². The van der Waals surface area contributed by atoms with Crippen molar-refractivity contribution in [3.63, 3.8) is 0 Å². The fourth-order valence-electron chi connectivity index (χ4n) is 10.0. The highest BCUT2D eigenvalue weighted by atomic mass is 16.3. The van der Waals surface area contributed by atoms with Crippen molar-refractivity contribution in [1.29, 1.82) is 0 Å². The summed E-state index contributed by atoms with van der Waals surface area (Å²) in [5.41, 5.74) is 19.6. The van der Waals surface area contributed by atoms with Crippen LogP contribution in [-0.4, -0.2) is 0 Å². The van der Waals surface area contributed by atoms with E-state index < -0.39 is 0 Å². The molecule has 3 aromatic heterocycles. The first kappa shape index (κ1) is 33.4. The van der Waals surface area contributed by atoms with Crippen molar-refractivity contribution in [2.45, 2.75) is 19.3 Å². The van der Waals surface area contributed by atoms with Crippen molar-refractivity contribution in [2.75, 3.05) is 0 Å². The van der Waals surface area contributed by atoms with Gasteiger partial charge in [0.25, 0.3) is 0 Å². The van der Waals surface area contributed by atoms with E-state index in [-0.39, 0.29) is 5.41 Å². The van der Waals surface area contributed by atoms with E-state index in [0.29, 0.717) is 0 Å². The van der Waals surface area contributed by atoms with Gasteiger partial charge in [-0.15, -0.1) is 0 Å². The molecule has 282 valence electrons. The van der Waals surface area contributed by atoms with E-state index in [1.807, 2.05) is 0 Å². The van der Waals surface area contributed by atoms with E-state index in [1.54, 1.807) is 0 Å². The molecule has 0 unspecified atom stereocenters. The van der Waals surface area contributed by atoms with Crippen LogP contribution in [0, 0.1) is 0 Å². The molecule has 60 heavy (non-hydrogen) atoms. The van der Waals surface area contributed by atoms with Crippen molar-refractivity contribution in [1.82, 2.24) is 0 Å². The molecule has 0 N–H and O–H groups in total. The summed E-state index contributed by atoms with van der Waals surface area (Å²) in [6.07, 6.45) is 0. The molecule has 9 aromatic carbocycles. The second kappa shape index (κ2) is 12.2. The maximum Gasteiger partial charge on any atom is 0.140 e. The Hall–Kier alpha value is -7.62. The molecule has 1 aliphatic carbocycles. The summed E-state index contributed by atoms with van der Waals surface area (Å²) in [6.45, 7) is 4.68. The number of rotatable bonds is 4. The Labute approximate surface area is 345 Å². The van der Waals surface area contributed by atoms with Crippen LogP contribution in [0.1, 0.15) is 25.0 Å². The van der Waals surface area contributed by atoms with Gasteiger partial charge in [0.15, 0.2) is 0 Å². The molecule has 0 saturated heterocycles. The quantitative estimate of drug-likeness (QED) is 0.179. The van der Waals surface area contributed by atoms with Gasteiger partial charge >= 0.3 is 0 Å². The summed E-state index contributed by atoms with van der Waals surface area (Å²) in [5, 5.41) is 6.76. The molecule has 0 amide bonds. The zero-order valence-electron chi connectivity index (χ0n) is 33.0. The average molecular weight is 769 g/mol. The second-order valence-corrected chi connectivity index (χ2v) is 16.8. The highest BCUT2D eigenvalue weighted by Crippen LogP contribution is 2.53. The van der Waals surface area contributed by atoms with Gasteiger partial charge in [-0.1, -0.05) is 123 Å². The zero-order chi connectivity index (χ0) is 39.7. The van der Waals surface area contributed by atoms with Crippen molar-refractivity contribution < 1.29 is 13.3 Å². The molecule has 0 fully saturated rings. The predicted molar refractivity (Wildman–Crippen MR) is 248 cm³/mol. The lowest BCUT2D eigenvalue weighted by Gasteiger charge is -2.22. The molecule has 12 aromatic rings. The third-order valence-corrected chi connectivity index (χ3v) is 13.1. The molecule has 0 spiro atoms. The van der Waals surface area contributed by atoms with Crippen LogP contribution >= 0.6 is 0 Å². The third-order valence-electron chi connectivity index (χ3n) is 13.1. The van der Waals surface area contributed by atoms with Crippen LogP contribution in [0.5, 0.6) is 0 Å². The van der Waals surface area contributed by atoms with Gasteiger partial charge in [-0.25, -0.2) is 0 Å². The smallest absolute Gasteiger partial charge is 0.140 e. The fourth-order valence-corrected chi connectivity index (χ4v) is 10.0. The highest BCUT2D eigenvalue weighted by molar-refractivity contribution is 6.12. The monoisotopic (exact) mass is 768 g/mol. The van der Waals surface area contributed by atoms with E-state index in [9.17, 15) is 0 Å². The predicted octanol–water partition coefficient (Wildman–Crippen LogP) is 16.4. The van der Waals surface area contributed by atoms with Gasteiger partial charge in [-0.3, -0.25) is 0 Å². The van der Waals surface area contributed by atoms with Crippen molar-refractivity contribution in [3.8, 4) is 55.6 Å². The van der Waals surface area contributed by atoms with Crippen LogP contribution in [0.15, 0.2) is 195 Å². The maximum atomic E-state index is 6.83. The molecule has 3 heteroatoms. The van der Waals surface area contributed by atoms with Gasteiger partial charge in [-0.2, -0.15) is 0 Å². The summed E-state index contributed by atoms with van der Waals surface area (Å²) in [4.78, 5) is 0. The fraction of sp³-hybridized carbons (Fsp3) is 0.0526. The third kappa shape index (κ3) is 4.84. The van der Waals surface area contributed by atoms with E-state index in [0.717, 1.165) is 76.9 Å². The average Bonchev–Trinajstić information content (AvgIpc) is 4.03. The Morgan fingerprint density at radius 1 is 0.300 bits per heavy atom. The molecule has 0 atom stereocenters. The summed E-state index contributed by atoms with van der Waals surface area (Å²) in [5.74, 6) is 0. The summed E-state index contributed by atoms with van der Waals surface area (Å²) in [6, 6.07) is 65.2. The van der Waals surface area contributed by atoms with Gasteiger partial charge in [0.1, 0.15) is 33.5 Å². The lowest BCUT2D eigenvalue weighted by Crippen LogP contribution is -2.15. The lowest BCUT2D eigenvalue weighted by molar-refractivity contribution is 0.620. The molecule has 13 rings (SSSR count).